The number of benzene rings is 1. The van der Waals surface area contributed by atoms with Gasteiger partial charge >= 0.3 is 0 Å². The maximum absolute atomic E-state index is 2.57. The van der Waals surface area contributed by atoms with Gasteiger partial charge in [-0.3, -0.25) is 4.90 Å². The zero-order valence-electron chi connectivity index (χ0n) is 9.61. The molecule has 0 atom stereocenters. The van der Waals surface area contributed by atoms with E-state index in [0.717, 1.165) is 6.54 Å². The van der Waals surface area contributed by atoms with E-state index < -0.39 is 0 Å². The second-order valence-corrected chi connectivity index (χ2v) is 5.74. The van der Waals surface area contributed by atoms with Crippen molar-refractivity contribution in [3.05, 3.63) is 35.9 Å². The van der Waals surface area contributed by atoms with Crippen molar-refractivity contribution in [3.8, 4) is 0 Å². The summed E-state index contributed by atoms with van der Waals surface area (Å²) in [4.78, 5) is 2.57. The fourth-order valence-corrected chi connectivity index (χ4v) is 2.65. The molecule has 1 heterocycles. The van der Waals surface area contributed by atoms with E-state index in [1.807, 2.05) is 0 Å². The van der Waals surface area contributed by atoms with Gasteiger partial charge in [0.2, 0.25) is 0 Å². The number of hydrogen-bond donors (Lipinski definition) is 0. The molecule has 0 spiro atoms. The van der Waals surface area contributed by atoms with Crippen LogP contribution in [0.3, 0.4) is 0 Å². The molecule has 0 amide bonds. The van der Waals surface area contributed by atoms with Crippen molar-refractivity contribution < 1.29 is 0 Å². The third-order valence-electron chi connectivity index (χ3n) is 3.03. The average Bonchev–Trinajstić information content (AvgIpc) is 2.30. The molecule has 1 saturated heterocycles. The van der Waals surface area contributed by atoms with Crippen LogP contribution >= 0.6 is 22.9 Å². The molecule has 0 N–H and O–H groups in total. The molecule has 1 aliphatic heterocycles. The monoisotopic (exact) mass is 330 g/mol. The molecule has 0 aromatic heterocycles. The van der Waals surface area contributed by atoms with Crippen molar-refractivity contribution in [1.82, 2.24) is 8.01 Å². The Bertz CT molecular complexity index is 302. The first-order valence-electron chi connectivity index (χ1n) is 6.01. The molecule has 0 unspecified atom stereocenters. The van der Waals surface area contributed by atoms with Crippen molar-refractivity contribution in [2.75, 3.05) is 26.2 Å². The predicted molar refractivity (Wildman–Crippen MR) is 76.5 cm³/mol. The summed E-state index contributed by atoms with van der Waals surface area (Å²) in [7, 11) is 0. The minimum atomic E-state index is 1.10. The topological polar surface area (TPSA) is 6.48 Å². The van der Waals surface area contributed by atoms with Crippen molar-refractivity contribution in [2.24, 2.45) is 0 Å². The van der Waals surface area contributed by atoms with Gasteiger partial charge in [0.15, 0.2) is 0 Å². The van der Waals surface area contributed by atoms with Gasteiger partial charge in [0.05, 0.1) is 0 Å². The lowest BCUT2D eigenvalue weighted by molar-refractivity contribution is 0.226. The summed E-state index contributed by atoms with van der Waals surface area (Å²) in [6.45, 7) is 5.98. The summed E-state index contributed by atoms with van der Waals surface area (Å²) in [6, 6.07) is 10.8. The van der Waals surface area contributed by atoms with E-state index in [1.165, 1.54) is 44.6 Å². The molecule has 3 heteroatoms. The summed E-state index contributed by atoms with van der Waals surface area (Å²) in [5.41, 5.74) is 1.43. The van der Waals surface area contributed by atoms with Gasteiger partial charge in [0.1, 0.15) is 0 Å². The van der Waals surface area contributed by atoms with Crippen LogP contribution in [0.1, 0.15) is 18.4 Å². The summed E-state index contributed by atoms with van der Waals surface area (Å²) >= 11 is 2.45. The molecule has 1 aromatic carbocycles. The van der Waals surface area contributed by atoms with Gasteiger partial charge in [-0.05, 0) is 24.9 Å². The number of nitrogens with zero attached hydrogens (tertiary/aromatic N) is 2. The van der Waals surface area contributed by atoms with E-state index in [9.17, 15) is 0 Å². The summed E-state index contributed by atoms with van der Waals surface area (Å²) in [6.07, 6.45) is 2.65. The van der Waals surface area contributed by atoms with Crippen LogP contribution in [0.5, 0.6) is 0 Å². The third-order valence-corrected chi connectivity index (χ3v) is 4.00. The molecule has 16 heavy (non-hydrogen) atoms. The molecule has 1 aliphatic rings. The van der Waals surface area contributed by atoms with Crippen LogP contribution in [-0.4, -0.2) is 34.2 Å². The highest BCUT2D eigenvalue weighted by molar-refractivity contribution is 14.1. The van der Waals surface area contributed by atoms with Crippen molar-refractivity contribution in [1.29, 1.82) is 0 Å². The predicted octanol–water partition coefficient (Wildman–Crippen LogP) is 2.93. The third kappa shape index (κ3) is 4.03. The highest BCUT2D eigenvalue weighted by Gasteiger charge is 2.11. The van der Waals surface area contributed by atoms with E-state index in [-0.39, 0.29) is 0 Å². The lowest BCUT2D eigenvalue weighted by Crippen LogP contribution is -2.34. The van der Waals surface area contributed by atoms with Gasteiger partial charge in [-0.15, -0.1) is 0 Å². The van der Waals surface area contributed by atoms with Gasteiger partial charge in [0, 0.05) is 49.0 Å². The van der Waals surface area contributed by atoms with Crippen LogP contribution in [0.4, 0.5) is 0 Å². The van der Waals surface area contributed by atoms with E-state index in [4.69, 9.17) is 0 Å². The molecule has 0 saturated carbocycles. The van der Waals surface area contributed by atoms with Gasteiger partial charge in [-0.25, -0.2) is 3.11 Å². The Kier molecular flexibility index (Phi) is 5.06. The molecule has 1 fully saturated rings. The second-order valence-electron chi connectivity index (χ2n) is 4.38. The normalized spacial score (nSPS) is 20.3. The Morgan fingerprint density at radius 3 is 2.50 bits per heavy atom. The standard InChI is InChI=1S/C13H19IN2/c14-16-9-5-4-8-15(10-11-16)12-13-6-2-1-3-7-13/h1-3,6-7H,4-5,8-12H2. The van der Waals surface area contributed by atoms with Gasteiger partial charge in [-0.2, -0.15) is 0 Å². The number of hydrogen-bond acceptors (Lipinski definition) is 2. The van der Waals surface area contributed by atoms with Crippen LogP contribution in [0.15, 0.2) is 30.3 Å². The Morgan fingerprint density at radius 1 is 0.938 bits per heavy atom. The largest absolute Gasteiger partial charge is 0.298 e. The van der Waals surface area contributed by atoms with Crippen LogP contribution in [0.25, 0.3) is 0 Å². The fourth-order valence-electron chi connectivity index (χ4n) is 2.09. The Labute approximate surface area is 112 Å². The quantitative estimate of drug-likeness (QED) is 0.608. The van der Waals surface area contributed by atoms with Crippen LogP contribution in [0, 0.1) is 0 Å². The first-order chi connectivity index (χ1) is 7.84. The van der Waals surface area contributed by atoms with E-state index in [0.29, 0.717) is 0 Å². The maximum atomic E-state index is 2.57. The summed E-state index contributed by atoms with van der Waals surface area (Å²) in [5, 5.41) is 0. The Balaban J connectivity index is 1.88. The molecule has 0 bridgehead atoms. The lowest BCUT2D eigenvalue weighted by atomic mass is 10.2. The molecule has 1 aromatic rings. The zero-order chi connectivity index (χ0) is 11.2. The van der Waals surface area contributed by atoms with Crippen molar-refractivity contribution in [2.45, 2.75) is 19.4 Å². The van der Waals surface area contributed by atoms with Crippen LogP contribution < -0.4 is 0 Å². The van der Waals surface area contributed by atoms with Gasteiger partial charge < -0.3 is 0 Å². The highest BCUT2D eigenvalue weighted by atomic mass is 127. The Morgan fingerprint density at radius 2 is 1.69 bits per heavy atom. The molecular formula is C13H19IN2. The van der Waals surface area contributed by atoms with Crippen molar-refractivity contribution >= 4 is 22.9 Å². The van der Waals surface area contributed by atoms with Crippen LogP contribution in [-0.2, 0) is 6.54 Å². The number of rotatable bonds is 2. The summed E-state index contributed by atoms with van der Waals surface area (Å²) in [5.74, 6) is 0. The number of halogens is 1. The molecule has 2 rings (SSSR count). The SMILES string of the molecule is IN1CCCCN(Cc2ccccc2)CC1. The van der Waals surface area contributed by atoms with E-state index >= 15 is 0 Å². The van der Waals surface area contributed by atoms with E-state index in [2.05, 4.69) is 61.2 Å². The van der Waals surface area contributed by atoms with Gasteiger partial charge in [0.25, 0.3) is 0 Å². The second kappa shape index (κ2) is 6.57. The molecule has 0 radical (unpaired) electrons. The molecular weight excluding hydrogens is 311 g/mol. The first-order valence-corrected chi connectivity index (χ1v) is 6.98. The smallest absolute Gasteiger partial charge is 0.0234 e. The highest BCUT2D eigenvalue weighted by Crippen LogP contribution is 2.11. The zero-order valence-corrected chi connectivity index (χ0v) is 11.8. The lowest BCUT2D eigenvalue weighted by Gasteiger charge is -2.27. The summed E-state index contributed by atoms with van der Waals surface area (Å²) < 4.78 is 2.41. The van der Waals surface area contributed by atoms with E-state index in [1.54, 1.807) is 0 Å². The minimum Gasteiger partial charge on any atom is -0.298 e. The molecule has 2 nitrogen and oxygen atoms in total. The Hall–Kier alpha value is -0.130. The van der Waals surface area contributed by atoms with Crippen molar-refractivity contribution in [3.63, 3.8) is 0 Å². The van der Waals surface area contributed by atoms with Crippen LogP contribution in [0.2, 0.25) is 0 Å². The average molecular weight is 330 g/mol. The fraction of sp³-hybridized carbons (Fsp3) is 0.538. The maximum Gasteiger partial charge on any atom is 0.0234 e. The molecule has 88 valence electrons. The first kappa shape index (κ1) is 12.3. The minimum absolute atomic E-state index is 1.10. The van der Waals surface area contributed by atoms with Gasteiger partial charge in [-0.1, -0.05) is 30.3 Å². The molecule has 0 aliphatic carbocycles.